The lowest BCUT2D eigenvalue weighted by molar-refractivity contribution is -0.161. The molecule has 1 aromatic carbocycles. The lowest BCUT2D eigenvalue weighted by Gasteiger charge is -2.55. The monoisotopic (exact) mass is 392 g/mol. The average Bonchev–Trinajstić information content (AvgIpc) is 2.52. The maximum absolute atomic E-state index is 13.2. The molecule has 0 saturated heterocycles. The van der Waals surface area contributed by atoms with Gasteiger partial charge in [0.15, 0.2) is 0 Å². The van der Waals surface area contributed by atoms with Crippen molar-refractivity contribution >= 4 is 16.1 Å². The molecule has 0 atom stereocenters. The minimum Gasteiger partial charge on any atom is -0.426 e. The summed E-state index contributed by atoms with van der Waals surface area (Å²) in [6.07, 6.45) is 6.55. The predicted octanol–water partition coefficient (Wildman–Crippen LogP) is 4.49. The van der Waals surface area contributed by atoms with Crippen LogP contribution in [0.15, 0.2) is 17.0 Å². The highest BCUT2D eigenvalue weighted by atomic mass is 32.2. The minimum absolute atomic E-state index is 0.0368. The Morgan fingerprint density at radius 3 is 2.07 bits per heavy atom. The lowest BCUT2D eigenvalue weighted by Crippen LogP contribution is -2.51. The number of hydrogen-bond acceptors (Lipinski definition) is 4. The molecule has 5 rings (SSSR count). The van der Waals surface area contributed by atoms with Crippen LogP contribution in [0.1, 0.15) is 69.4 Å². The van der Waals surface area contributed by atoms with Crippen LogP contribution in [-0.4, -0.2) is 18.9 Å². The van der Waals surface area contributed by atoms with Gasteiger partial charge in [-0.1, -0.05) is 13.8 Å². The van der Waals surface area contributed by atoms with Crippen LogP contribution in [0.3, 0.4) is 0 Å². The lowest BCUT2D eigenvalue weighted by atomic mass is 9.49. The molecule has 0 unspecified atom stereocenters. The van der Waals surface area contributed by atoms with Crippen molar-refractivity contribution in [3.63, 3.8) is 0 Å². The molecule has 4 fully saturated rings. The Hall–Kier alpha value is -1.40. The topological polar surface area (TPSA) is 80.7 Å². The molecular weight excluding hydrogens is 364 g/mol. The SMILES string of the molecule is Cc1cc(OC(=O)C23CC4CC(CC(C4)C2)C3)c(C(C)C)cc1S(=O)(=O)O. The molecule has 0 aromatic heterocycles. The number of aryl methyl sites for hydroxylation is 1. The Morgan fingerprint density at radius 2 is 1.63 bits per heavy atom. The Labute approximate surface area is 161 Å². The molecule has 6 heteroatoms. The first-order valence-corrected chi connectivity index (χ1v) is 11.4. The zero-order chi connectivity index (χ0) is 19.6. The van der Waals surface area contributed by atoms with Gasteiger partial charge in [0, 0.05) is 0 Å². The molecule has 27 heavy (non-hydrogen) atoms. The van der Waals surface area contributed by atoms with Gasteiger partial charge in [-0.3, -0.25) is 9.35 Å². The van der Waals surface area contributed by atoms with Crippen LogP contribution < -0.4 is 4.74 Å². The van der Waals surface area contributed by atoms with Gasteiger partial charge < -0.3 is 4.74 Å². The second kappa shape index (κ2) is 6.31. The van der Waals surface area contributed by atoms with Crippen molar-refractivity contribution in [1.29, 1.82) is 0 Å². The number of carbonyl (C=O) groups is 1. The van der Waals surface area contributed by atoms with E-state index < -0.39 is 10.1 Å². The number of esters is 1. The van der Waals surface area contributed by atoms with E-state index in [1.165, 1.54) is 25.3 Å². The van der Waals surface area contributed by atoms with E-state index in [2.05, 4.69) is 0 Å². The molecule has 4 bridgehead atoms. The summed E-state index contributed by atoms with van der Waals surface area (Å²) in [5, 5.41) is 0. The Kier molecular flexibility index (Phi) is 4.43. The molecule has 0 radical (unpaired) electrons. The maximum Gasteiger partial charge on any atom is 0.317 e. The van der Waals surface area contributed by atoms with Crippen molar-refractivity contribution in [2.75, 3.05) is 0 Å². The summed E-state index contributed by atoms with van der Waals surface area (Å²) in [4.78, 5) is 13.1. The second-order valence-corrected chi connectivity index (χ2v) is 10.8. The third kappa shape index (κ3) is 3.31. The fourth-order valence-corrected chi connectivity index (χ4v) is 6.81. The summed E-state index contributed by atoms with van der Waals surface area (Å²) in [7, 11) is -4.31. The fourth-order valence-electron chi connectivity index (χ4n) is 6.06. The van der Waals surface area contributed by atoms with Gasteiger partial charge in [-0.05, 0) is 92.4 Å². The normalized spacial score (nSPS) is 32.1. The van der Waals surface area contributed by atoms with Crippen LogP contribution >= 0.6 is 0 Å². The smallest absolute Gasteiger partial charge is 0.317 e. The maximum atomic E-state index is 13.2. The first kappa shape index (κ1) is 18.9. The largest absolute Gasteiger partial charge is 0.426 e. The van der Waals surface area contributed by atoms with Gasteiger partial charge in [-0.25, -0.2) is 0 Å². The van der Waals surface area contributed by atoms with E-state index in [-0.39, 0.29) is 22.2 Å². The molecule has 4 aliphatic rings. The van der Waals surface area contributed by atoms with E-state index in [9.17, 15) is 17.8 Å². The number of ether oxygens (including phenoxy) is 1. The second-order valence-electron chi connectivity index (χ2n) is 9.37. The van der Waals surface area contributed by atoms with Gasteiger partial charge in [0.1, 0.15) is 5.75 Å². The Balaban J connectivity index is 1.66. The van der Waals surface area contributed by atoms with Crippen LogP contribution in [0.4, 0.5) is 0 Å². The zero-order valence-electron chi connectivity index (χ0n) is 16.2. The number of carbonyl (C=O) groups excluding carboxylic acids is 1. The fraction of sp³-hybridized carbons (Fsp3) is 0.667. The Bertz CT molecular complexity index is 849. The van der Waals surface area contributed by atoms with E-state index >= 15 is 0 Å². The standard InChI is InChI=1S/C21H28O5S/c1-12(2)17-8-19(27(23,24)25)13(3)4-18(17)26-20(22)21-9-14-5-15(10-21)7-16(6-14)11-21/h4,8,12,14-16H,5-7,9-11H2,1-3H3,(H,23,24,25). The van der Waals surface area contributed by atoms with E-state index in [1.54, 1.807) is 13.0 Å². The van der Waals surface area contributed by atoms with E-state index in [1.807, 2.05) is 13.8 Å². The van der Waals surface area contributed by atoms with Crippen molar-refractivity contribution in [2.24, 2.45) is 23.2 Å². The van der Waals surface area contributed by atoms with Crippen molar-refractivity contribution in [3.05, 3.63) is 23.3 Å². The summed E-state index contributed by atoms with van der Waals surface area (Å²) in [6.45, 7) is 5.44. The molecule has 0 heterocycles. The molecule has 0 amide bonds. The van der Waals surface area contributed by atoms with E-state index in [0.717, 1.165) is 19.3 Å². The van der Waals surface area contributed by atoms with Crippen LogP contribution in [0.25, 0.3) is 0 Å². The van der Waals surface area contributed by atoms with Crippen molar-refractivity contribution < 1.29 is 22.5 Å². The van der Waals surface area contributed by atoms with Gasteiger partial charge in [-0.15, -0.1) is 0 Å². The van der Waals surface area contributed by atoms with Gasteiger partial charge in [0.2, 0.25) is 0 Å². The summed E-state index contributed by atoms with van der Waals surface area (Å²) in [5.74, 6) is 2.19. The number of rotatable bonds is 4. The highest BCUT2D eigenvalue weighted by Gasteiger charge is 2.55. The molecular formula is C21H28O5S. The molecule has 5 nitrogen and oxygen atoms in total. The first-order chi connectivity index (χ1) is 12.6. The molecule has 1 N–H and O–H groups in total. The minimum atomic E-state index is -4.31. The Morgan fingerprint density at radius 1 is 1.11 bits per heavy atom. The van der Waals surface area contributed by atoms with Crippen LogP contribution in [0, 0.1) is 30.1 Å². The van der Waals surface area contributed by atoms with Gasteiger partial charge in [-0.2, -0.15) is 8.42 Å². The molecule has 1 aromatic rings. The zero-order valence-corrected chi connectivity index (χ0v) is 17.0. The van der Waals surface area contributed by atoms with Gasteiger partial charge >= 0.3 is 5.97 Å². The third-order valence-corrected chi connectivity index (χ3v) is 7.88. The summed E-state index contributed by atoms with van der Waals surface area (Å²) < 4.78 is 38.7. The molecule has 4 aliphatic carbocycles. The van der Waals surface area contributed by atoms with Crippen molar-refractivity contribution in [2.45, 2.75) is 70.1 Å². The third-order valence-electron chi connectivity index (χ3n) is 6.88. The van der Waals surface area contributed by atoms with E-state index in [0.29, 0.717) is 34.6 Å². The van der Waals surface area contributed by atoms with E-state index in [4.69, 9.17) is 4.74 Å². The summed E-state index contributed by atoms with van der Waals surface area (Å²) in [5.41, 5.74) is 0.653. The first-order valence-electron chi connectivity index (χ1n) is 9.92. The highest BCUT2D eigenvalue weighted by molar-refractivity contribution is 7.85. The van der Waals surface area contributed by atoms with Crippen molar-refractivity contribution in [1.82, 2.24) is 0 Å². The predicted molar refractivity (Wildman–Crippen MR) is 101 cm³/mol. The van der Waals surface area contributed by atoms with Crippen LogP contribution in [-0.2, 0) is 14.9 Å². The summed E-state index contributed by atoms with van der Waals surface area (Å²) in [6, 6.07) is 3.02. The van der Waals surface area contributed by atoms with Crippen LogP contribution in [0.2, 0.25) is 0 Å². The van der Waals surface area contributed by atoms with Gasteiger partial charge in [0.05, 0.1) is 10.3 Å². The average molecular weight is 393 g/mol. The quantitative estimate of drug-likeness (QED) is 0.464. The van der Waals surface area contributed by atoms with Crippen LogP contribution in [0.5, 0.6) is 5.75 Å². The van der Waals surface area contributed by atoms with Crippen molar-refractivity contribution in [3.8, 4) is 5.75 Å². The highest BCUT2D eigenvalue weighted by Crippen LogP contribution is 2.60. The number of hydrogen-bond donors (Lipinski definition) is 1. The number of benzene rings is 1. The molecule has 4 saturated carbocycles. The summed E-state index contributed by atoms with van der Waals surface area (Å²) >= 11 is 0. The molecule has 148 valence electrons. The molecule has 0 aliphatic heterocycles. The van der Waals surface area contributed by atoms with Gasteiger partial charge in [0.25, 0.3) is 10.1 Å². The molecule has 0 spiro atoms.